The molecule has 0 spiro atoms. The van der Waals surface area contributed by atoms with E-state index >= 15 is 0 Å². The van der Waals surface area contributed by atoms with Crippen LogP contribution in [0, 0.1) is 29.6 Å². The lowest BCUT2D eigenvalue weighted by Crippen LogP contribution is -2.24. The maximum Gasteiger partial charge on any atom is 0.342 e. The standard InChI is InChI=1S/C18H17N3O2/c1-11-15(13-7-5-12(9-19)6-8-13)16(14(10-20)21-11)17(22)23-18(2,3)4/h5-8,21H,1-4H3. The van der Waals surface area contributed by atoms with Gasteiger partial charge in [0.2, 0.25) is 0 Å². The van der Waals surface area contributed by atoms with Crippen LogP contribution >= 0.6 is 0 Å². The van der Waals surface area contributed by atoms with Crippen molar-refractivity contribution in [1.82, 2.24) is 4.98 Å². The van der Waals surface area contributed by atoms with E-state index in [9.17, 15) is 10.1 Å². The van der Waals surface area contributed by atoms with E-state index < -0.39 is 11.6 Å². The highest BCUT2D eigenvalue weighted by atomic mass is 16.6. The molecule has 0 aliphatic rings. The SMILES string of the molecule is Cc1[nH]c(C#N)c(C(=O)OC(C)(C)C)c1-c1ccc(C#N)cc1. The smallest absolute Gasteiger partial charge is 0.342 e. The molecule has 0 unspecified atom stereocenters. The Kier molecular flexibility index (Phi) is 4.24. The fourth-order valence-electron chi connectivity index (χ4n) is 2.31. The summed E-state index contributed by atoms with van der Waals surface area (Å²) in [6, 6.07) is 10.9. The molecule has 2 aromatic rings. The van der Waals surface area contributed by atoms with Crippen molar-refractivity contribution in [3.63, 3.8) is 0 Å². The summed E-state index contributed by atoms with van der Waals surface area (Å²) < 4.78 is 5.42. The van der Waals surface area contributed by atoms with Gasteiger partial charge in [-0.2, -0.15) is 10.5 Å². The molecule has 23 heavy (non-hydrogen) atoms. The topological polar surface area (TPSA) is 89.7 Å². The van der Waals surface area contributed by atoms with Crippen LogP contribution < -0.4 is 0 Å². The third-order valence-corrected chi connectivity index (χ3v) is 3.20. The molecule has 1 heterocycles. The van der Waals surface area contributed by atoms with Crippen molar-refractivity contribution in [1.29, 1.82) is 10.5 Å². The first-order chi connectivity index (χ1) is 10.8. The van der Waals surface area contributed by atoms with Gasteiger partial charge in [0.05, 0.1) is 11.6 Å². The Morgan fingerprint density at radius 2 is 1.74 bits per heavy atom. The van der Waals surface area contributed by atoms with Gasteiger partial charge in [0.1, 0.15) is 22.9 Å². The van der Waals surface area contributed by atoms with Crippen LogP contribution in [0.1, 0.15) is 48.1 Å². The minimum Gasteiger partial charge on any atom is -0.456 e. The molecule has 0 fully saturated rings. The number of carbonyl (C=O) groups excluding carboxylic acids is 1. The maximum atomic E-state index is 12.5. The van der Waals surface area contributed by atoms with Crippen molar-refractivity contribution in [3.05, 3.63) is 46.8 Å². The fourth-order valence-corrected chi connectivity index (χ4v) is 2.31. The van der Waals surface area contributed by atoms with E-state index in [4.69, 9.17) is 10.00 Å². The van der Waals surface area contributed by atoms with Gasteiger partial charge in [-0.05, 0) is 45.4 Å². The van der Waals surface area contributed by atoms with Crippen LogP contribution in [0.4, 0.5) is 0 Å². The monoisotopic (exact) mass is 307 g/mol. The van der Waals surface area contributed by atoms with Gasteiger partial charge < -0.3 is 9.72 Å². The number of esters is 1. The van der Waals surface area contributed by atoms with Crippen molar-refractivity contribution in [2.75, 3.05) is 0 Å². The van der Waals surface area contributed by atoms with Gasteiger partial charge in [-0.15, -0.1) is 0 Å². The van der Waals surface area contributed by atoms with Crippen LogP contribution in [0.5, 0.6) is 0 Å². The van der Waals surface area contributed by atoms with E-state index in [0.717, 1.165) is 5.56 Å². The molecule has 0 saturated carbocycles. The number of benzene rings is 1. The average molecular weight is 307 g/mol. The molecule has 0 bridgehead atoms. The molecule has 2 rings (SSSR count). The van der Waals surface area contributed by atoms with Gasteiger partial charge >= 0.3 is 5.97 Å². The van der Waals surface area contributed by atoms with Crippen LogP contribution in [0.15, 0.2) is 24.3 Å². The van der Waals surface area contributed by atoms with Crippen LogP contribution in [0.25, 0.3) is 11.1 Å². The third kappa shape index (κ3) is 3.41. The summed E-state index contributed by atoms with van der Waals surface area (Å²) in [7, 11) is 0. The molecule has 0 radical (unpaired) electrons. The van der Waals surface area contributed by atoms with Crippen molar-refractivity contribution in [2.24, 2.45) is 0 Å². The lowest BCUT2D eigenvalue weighted by Gasteiger charge is -2.19. The molecule has 0 aliphatic heterocycles. The number of rotatable bonds is 2. The van der Waals surface area contributed by atoms with Gasteiger partial charge in [0.25, 0.3) is 0 Å². The summed E-state index contributed by atoms with van der Waals surface area (Å²) in [4.78, 5) is 15.5. The van der Waals surface area contributed by atoms with Crippen LogP contribution in [-0.2, 0) is 4.74 Å². The summed E-state index contributed by atoms with van der Waals surface area (Å²) >= 11 is 0. The summed E-state index contributed by atoms with van der Waals surface area (Å²) in [5.74, 6) is -0.544. The molecule has 1 aromatic carbocycles. The highest BCUT2D eigenvalue weighted by molar-refractivity contribution is 6.00. The molecule has 1 aromatic heterocycles. The molecule has 0 aliphatic carbocycles. The van der Waals surface area contributed by atoms with Gasteiger partial charge in [-0.1, -0.05) is 12.1 Å². The fraction of sp³-hybridized carbons (Fsp3) is 0.278. The van der Waals surface area contributed by atoms with Crippen LogP contribution in [0.2, 0.25) is 0 Å². The van der Waals surface area contributed by atoms with E-state index in [2.05, 4.69) is 11.1 Å². The Balaban J connectivity index is 2.59. The Morgan fingerprint density at radius 3 is 2.22 bits per heavy atom. The largest absolute Gasteiger partial charge is 0.456 e. The summed E-state index contributed by atoms with van der Waals surface area (Å²) in [6.07, 6.45) is 0. The summed E-state index contributed by atoms with van der Waals surface area (Å²) in [5, 5.41) is 18.2. The minimum absolute atomic E-state index is 0.177. The number of aromatic amines is 1. The lowest BCUT2D eigenvalue weighted by molar-refractivity contribution is 0.00703. The highest BCUT2D eigenvalue weighted by Crippen LogP contribution is 2.31. The Labute approximate surface area is 135 Å². The molecular weight excluding hydrogens is 290 g/mol. The number of aryl methyl sites for hydroxylation is 1. The van der Waals surface area contributed by atoms with E-state index in [1.807, 2.05) is 6.07 Å². The number of nitriles is 2. The molecule has 1 N–H and O–H groups in total. The number of hydrogen-bond acceptors (Lipinski definition) is 4. The Hall–Kier alpha value is -3.05. The molecule has 116 valence electrons. The zero-order valence-corrected chi connectivity index (χ0v) is 13.5. The molecule has 5 nitrogen and oxygen atoms in total. The highest BCUT2D eigenvalue weighted by Gasteiger charge is 2.27. The zero-order valence-electron chi connectivity index (χ0n) is 13.5. The first kappa shape index (κ1) is 16.3. The van der Waals surface area contributed by atoms with Crippen LogP contribution in [0.3, 0.4) is 0 Å². The van der Waals surface area contributed by atoms with Gasteiger partial charge in [0, 0.05) is 11.3 Å². The average Bonchev–Trinajstić information content (AvgIpc) is 2.82. The summed E-state index contributed by atoms with van der Waals surface area (Å²) in [6.45, 7) is 7.12. The van der Waals surface area contributed by atoms with Gasteiger partial charge in [-0.25, -0.2) is 4.79 Å². The maximum absolute atomic E-state index is 12.5. The second kappa shape index (κ2) is 5.98. The Bertz CT molecular complexity index is 825. The number of nitrogens with one attached hydrogen (secondary N) is 1. The van der Waals surface area contributed by atoms with E-state index in [-0.39, 0.29) is 11.3 Å². The van der Waals surface area contributed by atoms with Crippen molar-refractivity contribution < 1.29 is 9.53 Å². The molecule has 0 amide bonds. The number of nitrogens with zero attached hydrogens (tertiary/aromatic N) is 2. The molecule has 0 atom stereocenters. The van der Waals surface area contributed by atoms with Gasteiger partial charge in [-0.3, -0.25) is 0 Å². The predicted molar refractivity (Wildman–Crippen MR) is 85.6 cm³/mol. The predicted octanol–water partition coefficient (Wildman–Crippen LogP) is 3.69. The zero-order chi connectivity index (χ0) is 17.2. The van der Waals surface area contributed by atoms with Crippen molar-refractivity contribution in [3.8, 4) is 23.3 Å². The lowest BCUT2D eigenvalue weighted by atomic mass is 9.99. The van der Waals surface area contributed by atoms with E-state index in [1.54, 1.807) is 52.0 Å². The number of ether oxygens (including phenoxy) is 1. The van der Waals surface area contributed by atoms with Crippen molar-refractivity contribution in [2.45, 2.75) is 33.3 Å². The molecule has 0 saturated heterocycles. The first-order valence-electron chi connectivity index (χ1n) is 7.13. The van der Waals surface area contributed by atoms with E-state index in [0.29, 0.717) is 16.8 Å². The second-order valence-electron chi connectivity index (χ2n) is 6.18. The van der Waals surface area contributed by atoms with E-state index in [1.165, 1.54) is 0 Å². The molecular formula is C18H17N3O2. The number of carbonyl (C=O) groups is 1. The number of hydrogen-bond donors (Lipinski definition) is 1. The van der Waals surface area contributed by atoms with Crippen LogP contribution in [-0.4, -0.2) is 16.6 Å². The first-order valence-corrected chi connectivity index (χ1v) is 7.13. The quantitative estimate of drug-likeness (QED) is 0.857. The second-order valence-corrected chi connectivity index (χ2v) is 6.18. The normalized spacial score (nSPS) is 10.7. The summed E-state index contributed by atoms with van der Waals surface area (Å²) in [5.41, 5.74) is 2.35. The minimum atomic E-state index is -0.656. The molecule has 5 heteroatoms. The third-order valence-electron chi connectivity index (χ3n) is 3.20. The Morgan fingerprint density at radius 1 is 1.13 bits per heavy atom. The number of aromatic nitrogens is 1. The van der Waals surface area contributed by atoms with Gasteiger partial charge in [0.15, 0.2) is 0 Å². The number of H-pyrrole nitrogens is 1. The van der Waals surface area contributed by atoms with Crippen molar-refractivity contribution >= 4 is 5.97 Å².